The SMILES string of the molecule is N#CC(CC1=CCC(F)CC1Cl)C1CC1. The number of nitrogens with zero attached hydrogens (tertiary/aromatic N) is 1. The van der Waals surface area contributed by atoms with Crippen LogP contribution in [0.2, 0.25) is 0 Å². The molecule has 0 saturated heterocycles. The average molecular weight is 228 g/mol. The van der Waals surface area contributed by atoms with E-state index in [0.29, 0.717) is 18.8 Å². The zero-order chi connectivity index (χ0) is 10.8. The standard InChI is InChI=1S/C12H15ClFN/c13-12-6-11(14)4-3-9(12)5-10(7-15)8-1-2-8/h3,8,10-12H,1-2,4-6H2. The van der Waals surface area contributed by atoms with Crippen LogP contribution in [0.15, 0.2) is 11.6 Å². The molecule has 1 nitrogen and oxygen atoms in total. The second kappa shape index (κ2) is 4.53. The summed E-state index contributed by atoms with van der Waals surface area (Å²) in [5.74, 6) is 0.677. The van der Waals surface area contributed by atoms with Crippen molar-refractivity contribution in [1.29, 1.82) is 5.26 Å². The second-order valence-corrected chi connectivity index (χ2v) is 5.12. The van der Waals surface area contributed by atoms with Gasteiger partial charge in [-0.1, -0.05) is 11.6 Å². The van der Waals surface area contributed by atoms with E-state index in [9.17, 15) is 4.39 Å². The van der Waals surface area contributed by atoms with E-state index in [-0.39, 0.29) is 11.3 Å². The van der Waals surface area contributed by atoms with Crippen LogP contribution in [-0.2, 0) is 0 Å². The maximum atomic E-state index is 13.0. The lowest BCUT2D eigenvalue weighted by molar-refractivity contribution is 0.306. The molecular weight excluding hydrogens is 213 g/mol. The molecule has 15 heavy (non-hydrogen) atoms. The average Bonchev–Trinajstić information content (AvgIpc) is 3.00. The third-order valence-electron chi connectivity index (χ3n) is 3.31. The van der Waals surface area contributed by atoms with Gasteiger partial charge in [0.05, 0.1) is 17.4 Å². The summed E-state index contributed by atoms with van der Waals surface area (Å²) >= 11 is 6.09. The van der Waals surface area contributed by atoms with E-state index in [1.54, 1.807) is 0 Å². The van der Waals surface area contributed by atoms with Crippen LogP contribution in [0.25, 0.3) is 0 Å². The number of allylic oxidation sites excluding steroid dienone is 2. The lowest BCUT2D eigenvalue weighted by Gasteiger charge is -2.23. The first-order valence-electron chi connectivity index (χ1n) is 5.57. The van der Waals surface area contributed by atoms with Crippen LogP contribution in [0.3, 0.4) is 0 Å². The van der Waals surface area contributed by atoms with Crippen LogP contribution >= 0.6 is 11.6 Å². The van der Waals surface area contributed by atoms with Gasteiger partial charge in [0.25, 0.3) is 0 Å². The highest BCUT2D eigenvalue weighted by molar-refractivity contribution is 6.22. The Morgan fingerprint density at radius 1 is 1.60 bits per heavy atom. The van der Waals surface area contributed by atoms with E-state index in [0.717, 1.165) is 12.0 Å². The lowest BCUT2D eigenvalue weighted by atomic mass is 9.88. The van der Waals surface area contributed by atoms with Crippen molar-refractivity contribution in [3.63, 3.8) is 0 Å². The Hall–Kier alpha value is -0.550. The Bertz CT molecular complexity index is 303. The maximum absolute atomic E-state index is 13.0. The summed E-state index contributed by atoms with van der Waals surface area (Å²) in [6.07, 6.45) is 5.09. The summed E-state index contributed by atoms with van der Waals surface area (Å²) in [6.45, 7) is 0. The Morgan fingerprint density at radius 3 is 2.87 bits per heavy atom. The zero-order valence-corrected chi connectivity index (χ0v) is 9.38. The van der Waals surface area contributed by atoms with E-state index >= 15 is 0 Å². The minimum atomic E-state index is -0.794. The van der Waals surface area contributed by atoms with Gasteiger partial charge in [0.15, 0.2) is 0 Å². The largest absolute Gasteiger partial charge is 0.247 e. The van der Waals surface area contributed by atoms with Crippen LogP contribution in [0.5, 0.6) is 0 Å². The van der Waals surface area contributed by atoms with Crippen molar-refractivity contribution in [3.05, 3.63) is 11.6 Å². The molecule has 0 aliphatic heterocycles. The molecule has 0 spiro atoms. The highest BCUT2D eigenvalue weighted by atomic mass is 35.5. The fraction of sp³-hybridized carbons (Fsp3) is 0.750. The predicted molar refractivity (Wildman–Crippen MR) is 58.3 cm³/mol. The third kappa shape index (κ3) is 2.72. The summed E-state index contributed by atoms with van der Waals surface area (Å²) in [7, 11) is 0. The fourth-order valence-electron chi connectivity index (χ4n) is 2.16. The molecule has 0 radical (unpaired) electrons. The van der Waals surface area contributed by atoms with Crippen LogP contribution in [0.1, 0.15) is 32.1 Å². The van der Waals surface area contributed by atoms with Gasteiger partial charge < -0.3 is 0 Å². The molecule has 3 unspecified atom stereocenters. The molecule has 0 aromatic rings. The number of alkyl halides is 2. The summed E-state index contributed by atoms with van der Waals surface area (Å²) in [5.41, 5.74) is 1.09. The van der Waals surface area contributed by atoms with Crippen molar-refractivity contribution in [1.82, 2.24) is 0 Å². The smallest absolute Gasteiger partial charge is 0.105 e. The van der Waals surface area contributed by atoms with E-state index in [2.05, 4.69) is 6.07 Å². The maximum Gasteiger partial charge on any atom is 0.105 e. The third-order valence-corrected chi connectivity index (χ3v) is 3.77. The van der Waals surface area contributed by atoms with E-state index in [1.165, 1.54) is 12.8 Å². The Morgan fingerprint density at radius 2 is 2.33 bits per heavy atom. The van der Waals surface area contributed by atoms with Crippen molar-refractivity contribution in [3.8, 4) is 6.07 Å². The molecule has 82 valence electrons. The molecule has 3 heteroatoms. The Balaban J connectivity index is 1.95. The van der Waals surface area contributed by atoms with Gasteiger partial charge in [-0.25, -0.2) is 4.39 Å². The molecular formula is C12H15ClFN. The number of rotatable bonds is 3. The number of hydrogen-bond donors (Lipinski definition) is 0. The highest BCUT2D eigenvalue weighted by Crippen LogP contribution is 2.41. The summed E-state index contributed by atoms with van der Waals surface area (Å²) < 4.78 is 13.0. The van der Waals surface area contributed by atoms with Crippen molar-refractivity contribution < 1.29 is 4.39 Å². The Kier molecular flexibility index (Phi) is 3.31. The topological polar surface area (TPSA) is 23.8 Å². The first-order chi connectivity index (χ1) is 7.20. The molecule has 2 rings (SSSR count). The van der Waals surface area contributed by atoms with Crippen molar-refractivity contribution >= 4 is 11.6 Å². The van der Waals surface area contributed by atoms with Gasteiger partial charge >= 0.3 is 0 Å². The predicted octanol–water partition coefficient (Wildman–Crippen LogP) is 3.59. The van der Waals surface area contributed by atoms with Gasteiger partial charge in [-0.05, 0) is 38.0 Å². The normalized spacial score (nSPS) is 33.0. The van der Waals surface area contributed by atoms with Gasteiger partial charge in [-0.15, -0.1) is 11.6 Å². The second-order valence-electron chi connectivity index (χ2n) is 4.59. The number of hydrogen-bond acceptors (Lipinski definition) is 1. The van der Waals surface area contributed by atoms with E-state index in [4.69, 9.17) is 16.9 Å². The molecule has 0 amide bonds. The fourth-order valence-corrected chi connectivity index (χ4v) is 2.53. The van der Waals surface area contributed by atoms with E-state index in [1.807, 2.05) is 6.08 Å². The number of nitriles is 1. The lowest BCUT2D eigenvalue weighted by Crippen LogP contribution is -2.19. The highest BCUT2D eigenvalue weighted by Gasteiger charge is 2.33. The Labute approximate surface area is 94.9 Å². The molecule has 1 fully saturated rings. The molecule has 0 N–H and O–H groups in total. The van der Waals surface area contributed by atoms with Crippen LogP contribution < -0.4 is 0 Å². The first-order valence-corrected chi connectivity index (χ1v) is 6.01. The van der Waals surface area contributed by atoms with Crippen LogP contribution in [0.4, 0.5) is 4.39 Å². The molecule has 2 aliphatic rings. The van der Waals surface area contributed by atoms with Gasteiger partial charge in [0, 0.05) is 0 Å². The number of halogens is 2. The quantitative estimate of drug-likeness (QED) is 0.534. The molecule has 1 saturated carbocycles. The van der Waals surface area contributed by atoms with Gasteiger partial charge in [0.2, 0.25) is 0 Å². The molecule has 0 aromatic carbocycles. The van der Waals surface area contributed by atoms with Gasteiger partial charge in [0.1, 0.15) is 6.17 Å². The molecule has 3 atom stereocenters. The summed E-state index contributed by atoms with van der Waals surface area (Å²) in [4.78, 5) is 0. The van der Waals surface area contributed by atoms with Crippen LogP contribution in [-0.4, -0.2) is 11.5 Å². The molecule has 0 bridgehead atoms. The molecule has 2 aliphatic carbocycles. The first kappa shape index (κ1) is 11.0. The summed E-state index contributed by atoms with van der Waals surface area (Å²) in [5, 5.41) is 8.82. The van der Waals surface area contributed by atoms with Crippen molar-refractivity contribution in [2.24, 2.45) is 11.8 Å². The van der Waals surface area contributed by atoms with Crippen molar-refractivity contribution in [2.75, 3.05) is 0 Å². The molecule has 0 aromatic heterocycles. The summed E-state index contributed by atoms with van der Waals surface area (Å²) in [6, 6.07) is 2.35. The van der Waals surface area contributed by atoms with Crippen LogP contribution in [0, 0.1) is 23.2 Å². The monoisotopic (exact) mass is 227 g/mol. The van der Waals surface area contributed by atoms with Gasteiger partial charge in [-0.3, -0.25) is 0 Å². The van der Waals surface area contributed by atoms with E-state index < -0.39 is 6.17 Å². The van der Waals surface area contributed by atoms with Crippen molar-refractivity contribution in [2.45, 2.75) is 43.7 Å². The minimum absolute atomic E-state index is 0.105. The zero-order valence-electron chi connectivity index (χ0n) is 8.63. The molecule has 0 heterocycles. The minimum Gasteiger partial charge on any atom is -0.247 e. The van der Waals surface area contributed by atoms with Gasteiger partial charge in [-0.2, -0.15) is 5.26 Å².